The van der Waals surface area contributed by atoms with Gasteiger partial charge in [-0.05, 0) is 68.7 Å². The molecule has 2 amide bonds. The lowest BCUT2D eigenvalue weighted by molar-refractivity contribution is -0.139. The minimum Gasteiger partial charge on any atom is -0.352 e. The van der Waals surface area contributed by atoms with E-state index >= 15 is 0 Å². The van der Waals surface area contributed by atoms with Crippen LogP contribution in [0, 0.1) is 12.7 Å². The smallest absolute Gasteiger partial charge is 0.264 e. The van der Waals surface area contributed by atoms with E-state index in [0.717, 1.165) is 59.7 Å². The molecule has 0 aliphatic heterocycles. The molecule has 4 rings (SSSR count). The first-order chi connectivity index (χ1) is 19.1. The fourth-order valence-electron chi connectivity index (χ4n) is 4.91. The number of anilines is 1. The molecule has 0 unspecified atom stereocenters. The minimum atomic E-state index is -4.19. The molecule has 1 N–H and O–H groups in total. The van der Waals surface area contributed by atoms with E-state index in [-0.39, 0.29) is 29.1 Å². The van der Waals surface area contributed by atoms with Gasteiger partial charge in [-0.3, -0.25) is 13.9 Å². The Balaban J connectivity index is 1.65. The van der Waals surface area contributed by atoms with E-state index in [0.29, 0.717) is 0 Å². The summed E-state index contributed by atoms with van der Waals surface area (Å²) >= 11 is 0. The van der Waals surface area contributed by atoms with Crippen molar-refractivity contribution in [1.82, 2.24) is 10.2 Å². The number of halogens is 1. The maximum absolute atomic E-state index is 13.9. The van der Waals surface area contributed by atoms with Gasteiger partial charge >= 0.3 is 0 Å². The molecular formula is C31H36FN3O4S. The molecule has 0 saturated heterocycles. The molecule has 40 heavy (non-hydrogen) atoms. The van der Waals surface area contributed by atoms with Crippen molar-refractivity contribution < 1.29 is 22.4 Å². The topological polar surface area (TPSA) is 86.8 Å². The third kappa shape index (κ3) is 7.27. The number of amides is 2. The summed E-state index contributed by atoms with van der Waals surface area (Å²) in [5, 5.41) is 3.09. The molecular weight excluding hydrogens is 529 g/mol. The number of benzene rings is 3. The van der Waals surface area contributed by atoms with E-state index < -0.39 is 34.3 Å². The Bertz CT molecular complexity index is 1390. The average Bonchev–Trinajstić information content (AvgIpc) is 2.96. The fourth-order valence-corrected chi connectivity index (χ4v) is 6.32. The number of aryl methyl sites for hydroxylation is 1. The van der Waals surface area contributed by atoms with Gasteiger partial charge in [0.05, 0.1) is 10.6 Å². The summed E-state index contributed by atoms with van der Waals surface area (Å²) in [7, 11) is -4.19. The molecule has 9 heteroatoms. The molecule has 1 aliphatic rings. The normalized spacial score (nSPS) is 14.8. The van der Waals surface area contributed by atoms with Crippen LogP contribution in [0.2, 0.25) is 0 Å². The fraction of sp³-hybridized carbons (Fsp3) is 0.355. The van der Waals surface area contributed by atoms with Gasteiger partial charge in [0.25, 0.3) is 10.0 Å². The highest BCUT2D eigenvalue weighted by atomic mass is 32.2. The van der Waals surface area contributed by atoms with Crippen LogP contribution in [0.3, 0.4) is 0 Å². The highest BCUT2D eigenvalue weighted by Gasteiger charge is 2.33. The molecule has 3 aromatic rings. The van der Waals surface area contributed by atoms with Crippen LogP contribution in [-0.2, 0) is 26.2 Å². The van der Waals surface area contributed by atoms with Crippen LogP contribution >= 0.6 is 0 Å². The number of rotatable bonds is 10. The lowest BCUT2D eigenvalue weighted by Crippen LogP contribution is -2.53. The Labute approximate surface area is 236 Å². The number of nitrogens with zero attached hydrogens (tertiary/aromatic N) is 2. The van der Waals surface area contributed by atoms with E-state index in [9.17, 15) is 22.4 Å². The monoisotopic (exact) mass is 565 g/mol. The van der Waals surface area contributed by atoms with Crippen molar-refractivity contribution >= 4 is 27.5 Å². The van der Waals surface area contributed by atoms with Gasteiger partial charge in [0, 0.05) is 12.6 Å². The molecule has 0 heterocycles. The second-order valence-electron chi connectivity index (χ2n) is 10.3. The van der Waals surface area contributed by atoms with E-state index in [1.807, 2.05) is 37.3 Å². The Kier molecular flexibility index (Phi) is 9.58. The van der Waals surface area contributed by atoms with Crippen molar-refractivity contribution in [2.75, 3.05) is 10.8 Å². The molecule has 212 valence electrons. The number of hydrogen-bond donors (Lipinski definition) is 1. The predicted molar refractivity (Wildman–Crippen MR) is 154 cm³/mol. The average molecular weight is 566 g/mol. The summed E-state index contributed by atoms with van der Waals surface area (Å²) in [4.78, 5) is 28.7. The van der Waals surface area contributed by atoms with Crippen LogP contribution in [-0.4, -0.2) is 43.8 Å². The lowest BCUT2D eigenvalue weighted by Gasteiger charge is -2.33. The van der Waals surface area contributed by atoms with Crippen LogP contribution in [0.4, 0.5) is 10.1 Å². The van der Waals surface area contributed by atoms with Gasteiger partial charge in [-0.15, -0.1) is 0 Å². The first-order valence-corrected chi connectivity index (χ1v) is 15.1. The van der Waals surface area contributed by atoms with E-state index in [1.165, 1.54) is 29.2 Å². The van der Waals surface area contributed by atoms with Crippen LogP contribution < -0.4 is 9.62 Å². The van der Waals surface area contributed by atoms with Crippen LogP contribution in [0.5, 0.6) is 0 Å². The van der Waals surface area contributed by atoms with Crippen molar-refractivity contribution in [3.05, 3.63) is 95.8 Å². The van der Waals surface area contributed by atoms with Gasteiger partial charge in [0.2, 0.25) is 11.8 Å². The summed E-state index contributed by atoms with van der Waals surface area (Å²) in [5.41, 5.74) is 1.84. The van der Waals surface area contributed by atoms with Gasteiger partial charge in [0.1, 0.15) is 18.4 Å². The zero-order chi connectivity index (χ0) is 28.7. The van der Waals surface area contributed by atoms with Gasteiger partial charge in [-0.25, -0.2) is 12.8 Å². The summed E-state index contributed by atoms with van der Waals surface area (Å²) in [6.45, 7) is 3.07. The highest BCUT2D eigenvalue weighted by molar-refractivity contribution is 7.92. The third-order valence-electron chi connectivity index (χ3n) is 7.32. The van der Waals surface area contributed by atoms with Crippen molar-refractivity contribution in [1.29, 1.82) is 0 Å². The standard InChI is InChI=1S/C31H36FN3O4S/c1-23-13-19-29(20-14-23)40(38,39)35(28-17-15-26(32)16-18-28)22-30(36)34(21-25-9-5-3-6-10-25)24(2)31(37)33-27-11-7-4-8-12-27/h3,5-6,9-10,13-20,24,27H,4,7-8,11-12,21-22H2,1-2H3,(H,33,37)/t24-/m1/s1. The first kappa shape index (κ1) is 29.3. The van der Waals surface area contributed by atoms with E-state index in [4.69, 9.17) is 0 Å². The molecule has 1 saturated carbocycles. The predicted octanol–water partition coefficient (Wildman–Crippen LogP) is 5.20. The second-order valence-corrected chi connectivity index (χ2v) is 12.2. The number of hydrogen-bond acceptors (Lipinski definition) is 4. The zero-order valence-electron chi connectivity index (χ0n) is 22.9. The molecule has 0 aromatic heterocycles. The van der Waals surface area contributed by atoms with Crippen molar-refractivity contribution in [3.63, 3.8) is 0 Å². The molecule has 7 nitrogen and oxygen atoms in total. The number of carbonyl (C=O) groups excluding carboxylic acids is 2. The Morgan fingerprint density at radius 3 is 2.17 bits per heavy atom. The Hall–Kier alpha value is -3.72. The molecule has 0 radical (unpaired) electrons. The minimum absolute atomic E-state index is 0.00734. The van der Waals surface area contributed by atoms with Crippen LogP contribution in [0.25, 0.3) is 0 Å². The van der Waals surface area contributed by atoms with Crippen molar-refractivity contribution in [3.8, 4) is 0 Å². The zero-order valence-corrected chi connectivity index (χ0v) is 23.7. The molecule has 3 aromatic carbocycles. The molecule has 0 bridgehead atoms. The quantitative estimate of drug-likeness (QED) is 0.366. The van der Waals surface area contributed by atoms with Gasteiger partial charge in [-0.1, -0.05) is 67.3 Å². The third-order valence-corrected chi connectivity index (χ3v) is 9.11. The SMILES string of the molecule is Cc1ccc(S(=O)(=O)N(CC(=O)N(Cc2ccccc2)[C@H](C)C(=O)NC2CCCCC2)c2ccc(F)cc2)cc1. The number of carbonyl (C=O) groups is 2. The maximum atomic E-state index is 13.9. The van der Waals surface area contributed by atoms with Gasteiger partial charge < -0.3 is 10.2 Å². The van der Waals surface area contributed by atoms with Gasteiger partial charge in [0.15, 0.2) is 0 Å². The maximum Gasteiger partial charge on any atom is 0.264 e. The van der Waals surface area contributed by atoms with E-state index in [1.54, 1.807) is 19.1 Å². The molecule has 1 atom stereocenters. The summed E-state index contributed by atoms with van der Waals surface area (Å²) in [6, 6.07) is 19.8. The lowest BCUT2D eigenvalue weighted by atomic mass is 9.95. The molecule has 1 fully saturated rings. The number of sulfonamides is 1. The molecule has 0 spiro atoms. The van der Waals surface area contributed by atoms with Crippen molar-refractivity contribution in [2.24, 2.45) is 0 Å². The highest BCUT2D eigenvalue weighted by Crippen LogP contribution is 2.25. The van der Waals surface area contributed by atoms with Crippen molar-refractivity contribution in [2.45, 2.75) is 69.5 Å². The first-order valence-electron chi connectivity index (χ1n) is 13.6. The largest absolute Gasteiger partial charge is 0.352 e. The Morgan fingerprint density at radius 2 is 1.55 bits per heavy atom. The van der Waals surface area contributed by atoms with Crippen LogP contribution in [0.1, 0.15) is 50.2 Å². The summed E-state index contributed by atoms with van der Waals surface area (Å²) in [6.07, 6.45) is 5.05. The Morgan fingerprint density at radius 1 is 0.925 bits per heavy atom. The number of nitrogens with one attached hydrogen (secondary N) is 1. The van der Waals surface area contributed by atoms with Crippen LogP contribution in [0.15, 0.2) is 83.8 Å². The second kappa shape index (κ2) is 13.1. The summed E-state index contributed by atoms with van der Waals surface area (Å²) in [5.74, 6) is -1.34. The summed E-state index contributed by atoms with van der Waals surface area (Å²) < 4.78 is 42.3. The molecule has 1 aliphatic carbocycles. The van der Waals surface area contributed by atoms with E-state index in [2.05, 4.69) is 5.32 Å². The van der Waals surface area contributed by atoms with Gasteiger partial charge in [-0.2, -0.15) is 0 Å².